The molecule has 166 valence electrons. The molecule has 0 saturated carbocycles. The lowest BCUT2D eigenvalue weighted by atomic mass is 9.72. The molecule has 2 aromatic rings. The van der Waals surface area contributed by atoms with Gasteiger partial charge in [0.2, 0.25) is 0 Å². The topological polar surface area (TPSA) is 68.2 Å². The van der Waals surface area contributed by atoms with Gasteiger partial charge in [0.05, 0.1) is 20.3 Å². The second-order valence-electron chi connectivity index (χ2n) is 8.91. The van der Waals surface area contributed by atoms with Crippen LogP contribution in [-0.2, 0) is 17.6 Å². The number of nitrogens with zero attached hydrogens (tertiary/aromatic N) is 1. The number of benzene rings is 2. The highest BCUT2D eigenvalue weighted by Gasteiger charge is 2.48. The third kappa shape index (κ3) is 3.97. The van der Waals surface area contributed by atoms with E-state index in [1.165, 1.54) is 18.2 Å². The van der Waals surface area contributed by atoms with Gasteiger partial charge in [-0.3, -0.25) is 0 Å². The van der Waals surface area contributed by atoms with Crippen LogP contribution in [-0.4, -0.2) is 55.6 Å². The van der Waals surface area contributed by atoms with Gasteiger partial charge >= 0.3 is 6.09 Å². The van der Waals surface area contributed by atoms with Crippen molar-refractivity contribution in [1.29, 1.82) is 0 Å². The molecule has 0 spiro atoms. The van der Waals surface area contributed by atoms with Crippen molar-refractivity contribution in [2.75, 3.05) is 27.3 Å². The van der Waals surface area contributed by atoms with Crippen molar-refractivity contribution in [2.24, 2.45) is 5.41 Å². The van der Waals surface area contributed by atoms with Gasteiger partial charge in [-0.1, -0.05) is 37.3 Å². The SMILES string of the molecule is COC(=O)N1CC(c2ccc(OC)c(OC3Cc4ccccc4C3)c2)[C@](C)(C(C)O)C1. The van der Waals surface area contributed by atoms with Crippen molar-refractivity contribution in [1.82, 2.24) is 4.90 Å². The van der Waals surface area contributed by atoms with E-state index in [0.29, 0.717) is 24.6 Å². The highest BCUT2D eigenvalue weighted by atomic mass is 16.5. The zero-order valence-electron chi connectivity index (χ0n) is 18.6. The number of fused-ring (bicyclic) bond motifs is 1. The largest absolute Gasteiger partial charge is 0.493 e. The van der Waals surface area contributed by atoms with E-state index in [-0.39, 0.29) is 18.1 Å². The summed E-state index contributed by atoms with van der Waals surface area (Å²) in [6.45, 7) is 4.71. The van der Waals surface area contributed by atoms with Gasteiger partial charge in [-0.15, -0.1) is 0 Å². The summed E-state index contributed by atoms with van der Waals surface area (Å²) >= 11 is 0. The van der Waals surface area contributed by atoms with Crippen molar-refractivity contribution < 1.29 is 24.1 Å². The zero-order chi connectivity index (χ0) is 22.2. The molecule has 1 heterocycles. The summed E-state index contributed by atoms with van der Waals surface area (Å²) in [5.74, 6) is 1.32. The minimum atomic E-state index is -0.594. The van der Waals surface area contributed by atoms with Crippen LogP contribution in [0.4, 0.5) is 4.79 Å². The number of likely N-dealkylation sites (tertiary alicyclic amines) is 1. The third-order valence-electron chi connectivity index (χ3n) is 7.02. The van der Waals surface area contributed by atoms with E-state index in [1.807, 2.05) is 25.1 Å². The molecule has 1 amide bonds. The van der Waals surface area contributed by atoms with Gasteiger partial charge in [0, 0.05) is 37.3 Å². The van der Waals surface area contributed by atoms with E-state index >= 15 is 0 Å². The highest BCUT2D eigenvalue weighted by molar-refractivity contribution is 5.68. The predicted octanol–water partition coefficient (Wildman–Crippen LogP) is 3.79. The first-order chi connectivity index (χ1) is 14.9. The first kappa shape index (κ1) is 21.5. The summed E-state index contributed by atoms with van der Waals surface area (Å²) in [5, 5.41) is 10.6. The van der Waals surface area contributed by atoms with Crippen molar-refractivity contribution in [3.63, 3.8) is 0 Å². The maximum absolute atomic E-state index is 12.2. The van der Waals surface area contributed by atoms with Crippen LogP contribution in [0, 0.1) is 5.41 Å². The van der Waals surface area contributed by atoms with Crippen molar-refractivity contribution in [3.8, 4) is 11.5 Å². The Morgan fingerprint density at radius 2 is 1.81 bits per heavy atom. The minimum Gasteiger partial charge on any atom is -0.493 e. The number of aliphatic hydroxyl groups excluding tert-OH is 1. The monoisotopic (exact) mass is 425 g/mol. The van der Waals surface area contributed by atoms with Crippen molar-refractivity contribution in [2.45, 2.75) is 44.8 Å². The molecule has 0 aromatic heterocycles. The lowest BCUT2D eigenvalue weighted by Gasteiger charge is -2.33. The van der Waals surface area contributed by atoms with E-state index in [9.17, 15) is 9.90 Å². The molecule has 4 rings (SSSR count). The number of carbonyl (C=O) groups is 1. The zero-order valence-corrected chi connectivity index (χ0v) is 18.6. The number of hydrogen-bond donors (Lipinski definition) is 1. The second-order valence-corrected chi connectivity index (χ2v) is 8.91. The van der Waals surface area contributed by atoms with Crippen LogP contribution in [0.15, 0.2) is 42.5 Å². The molecular formula is C25H31NO5. The molecule has 2 unspecified atom stereocenters. The Labute approximate surface area is 183 Å². The first-order valence-corrected chi connectivity index (χ1v) is 10.8. The van der Waals surface area contributed by atoms with E-state index in [1.54, 1.807) is 18.9 Å². The molecule has 1 aliphatic heterocycles. The van der Waals surface area contributed by atoms with Crippen molar-refractivity contribution in [3.05, 3.63) is 59.2 Å². The van der Waals surface area contributed by atoms with E-state index in [4.69, 9.17) is 14.2 Å². The fourth-order valence-electron chi connectivity index (χ4n) is 4.98. The van der Waals surface area contributed by atoms with Gasteiger partial charge < -0.3 is 24.2 Å². The quantitative estimate of drug-likeness (QED) is 0.789. The molecule has 1 aliphatic carbocycles. The molecule has 1 fully saturated rings. The highest BCUT2D eigenvalue weighted by Crippen LogP contribution is 2.47. The number of amides is 1. The number of methoxy groups -OCH3 is 2. The maximum atomic E-state index is 12.2. The number of ether oxygens (including phenoxy) is 3. The van der Waals surface area contributed by atoms with Gasteiger partial charge in [-0.25, -0.2) is 4.79 Å². The van der Waals surface area contributed by atoms with E-state index < -0.39 is 11.5 Å². The predicted molar refractivity (Wildman–Crippen MR) is 118 cm³/mol. The Morgan fingerprint density at radius 1 is 1.13 bits per heavy atom. The molecule has 1 saturated heterocycles. The maximum Gasteiger partial charge on any atom is 0.409 e. The summed E-state index contributed by atoms with van der Waals surface area (Å²) in [5.41, 5.74) is 3.17. The van der Waals surface area contributed by atoms with Gasteiger partial charge in [0.1, 0.15) is 6.10 Å². The van der Waals surface area contributed by atoms with Crippen LogP contribution in [0.1, 0.15) is 36.5 Å². The summed E-state index contributed by atoms with van der Waals surface area (Å²) in [6, 6.07) is 14.4. The minimum absolute atomic E-state index is 0.0550. The Morgan fingerprint density at radius 3 is 2.39 bits per heavy atom. The smallest absolute Gasteiger partial charge is 0.409 e. The van der Waals surface area contributed by atoms with E-state index in [0.717, 1.165) is 18.4 Å². The fourth-order valence-corrected chi connectivity index (χ4v) is 4.98. The molecule has 6 heteroatoms. The summed E-state index contributed by atoms with van der Waals surface area (Å²) < 4.78 is 16.9. The molecule has 2 aliphatic rings. The van der Waals surface area contributed by atoms with Crippen LogP contribution < -0.4 is 9.47 Å². The Bertz CT molecular complexity index is 934. The molecule has 6 nitrogen and oxygen atoms in total. The number of carbonyl (C=O) groups excluding carboxylic acids is 1. The molecule has 31 heavy (non-hydrogen) atoms. The normalized spacial score (nSPS) is 24.0. The Kier molecular flexibility index (Phi) is 5.84. The first-order valence-electron chi connectivity index (χ1n) is 10.8. The van der Waals surface area contributed by atoms with Gasteiger partial charge in [-0.05, 0) is 35.7 Å². The lowest BCUT2D eigenvalue weighted by molar-refractivity contribution is 0.0470. The summed E-state index contributed by atoms with van der Waals surface area (Å²) in [6.07, 6.45) is 0.828. The lowest BCUT2D eigenvalue weighted by Crippen LogP contribution is -2.38. The van der Waals surface area contributed by atoms with Gasteiger partial charge in [0.15, 0.2) is 11.5 Å². The molecule has 0 bridgehead atoms. The molecule has 2 aromatic carbocycles. The van der Waals surface area contributed by atoms with Crippen LogP contribution in [0.25, 0.3) is 0 Å². The van der Waals surface area contributed by atoms with Crippen LogP contribution >= 0.6 is 0 Å². The summed E-state index contributed by atoms with van der Waals surface area (Å²) in [7, 11) is 3.02. The van der Waals surface area contributed by atoms with Crippen molar-refractivity contribution >= 4 is 6.09 Å². The molecular weight excluding hydrogens is 394 g/mol. The Balaban J connectivity index is 1.61. The number of hydrogen-bond acceptors (Lipinski definition) is 5. The average molecular weight is 426 g/mol. The van der Waals surface area contributed by atoms with Gasteiger partial charge in [-0.2, -0.15) is 0 Å². The Hall–Kier alpha value is -2.73. The van der Waals surface area contributed by atoms with Crippen LogP contribution in [0.2, 0.25) is 0 Å². The fraction of sp³-hybridized carbons (Fsp3) is 0.480. The molecule has 0 radical (unpaired) electrons. The van der Waals surface area contributed by atoms with Crippen LogP contribution in [0.3, 0.4) is 0 Å². The average Bonchev–Trinajstić information content (AvgIpc) is 3.34. The van der Waals surface area contributed by atoms with E-state index in [2.05, 4.69) is 24.3 Å². The third-order valence-corrected chi connectivity index (χ3v) is 7.02. The number of aliphatic hydroxyl groups is 1. The summed E-state index contributed by atoms with van der Waals surface area (Å²) in [4.78, 5) is 13.8. The van der Waals surface area contributed by atoms with Gasteiger partial charge in [0.25, 0.3) is 0 Å². The molecule has 1 N–H and O–H groups in total. The standard InChI is InChI=1S/C25H31NO5/c1-16(27)25(2)15-26(24(28)30-4)14-21(25)19-9-10-22(29-3)23(13-19)31-20-11-17-7-5-6-8-18(17)12-20/h5-10,13,16,20-21,27H,11-12,14-15H2,1-4H3/t16?,21?,25-/m0/s1. The second kappa shape index (κ2) is 8.42. The van der Waals surface area contributed by atoms with Crippen LogP contribution in [0.5, 0.6) is 11.5 Å². The molecule has 3 atom stereocenters. The number of rotatable bonds is 5.